The van der Waals surface area contributed by atoms with E-state index in [1.54, 1.807) is 13.2 Å². The van der Waals surface area contributed by atoms with Crippen molar-refractivity contribution in [2.75, 3.05) is 31.7 Å². The maximum Gasteiger partial charge on any atom is 0.101 e. The third-order valence-corrected chi connectivity index (χ3v) is 3.34. The van der Waals surface area contributed by atoms with Crippen molar-refractivity contribution in [3.8, 4) is 6.07 Å². The Morgan fingerprint density at radius 2 is 2.41 bits per heavy atom. The third kappa shape index (κ3) is 2.71. The summed E-state index contributed by atoms with van der Waals surface area (Å²) in [6.45, 7) is 2.71. The summed E-state index contributed by atoms with van der Waals surface area (Å²) in [6.07, 6.45) is 1.11. The zero-order valence-corrected chi connectivity index (χ0v) is 10.6. The Morgan fingerprint density at radius 3 is 3.12 bits per heavy atom. The summed E-state index contributed by atoms with van der Waals surface area (Å²) in [6, 6.07) is 7.69. The predicted octanol–water partition coefficient (Wildman–Crippen LogP) is 2.68. The molecule has 0 spiro atoms. The summed E-state index contributed by atoms with van der Waals surface area (Å²) >= 11 is 5.89. The van der Waals surface area contributed by atoms with E-state index in [2.05, 4.69) is 11.0 Å². The van der Waals surface area contributed by atoms with Crippen molar-refractivity contribution < 1.29 is 4.74 Å². The topological polar surface area (TPSA) is 36.3 Å². The van der Waals surface area contributed by atoms with Crippen molar-refractivity contribution in [1.29, 1.82) is 5.26 Å². The molecule has 0 amide bonds. The Hall–Kier alpha value is -1.24. The number of ether oxygens (including phenoxy) is 1. The SMILES string of the molecule is COCC1CCN(c2ccc(Cl)cc2C#N)C1. The first-order chi connectivity index (χ1) is 8.24. The lowest BCUT2D eigenvalue weighted by atomic mass is 10.1. The van der Waals surface area contributed by atoms with Crippen LogP contribution < -0.4 is 4.90 Å². The smallest absolute Gasteiger partial charge is 0.101 e. The molecule has 1 aliphatic heterocycles. The minimum absolute atomic E-state index is 0.558. The first kappa shape index (κ1) is 12.2. The summed E-state index contributed by atoms with van der Waals surface area (Å²) in [5.74, 6) is 0.558. The monoisotopic (exact) mass is 250 g/mol. The van der Waals surface area contributed by atoms with Crippen molar-refractivity contribution in [3.63, 3.8) is 0 Å². The lowest BCUT2D eigenvalue weighted by Crippen LogP contribution is -2.21. The van der Waals surface area contributed by atoms with Crippen LogP contribution in [0.1, 0.15) is 12.0 Å². The standard InChI is InChI=1S/C13H15ClN2O/c1-17-9-10-4-5-16(8-10)13-3-2-12(14)6-11(13)7-15/h2-3,6,10H,4-5,8-9H2,1H3. The number of benzene rings is 1. The van der Waals surface area contributed by atoms with Crippen LogP contribution in [-0.2, 0) is 4.74 Å². The molecular weight excluding hydrogens is 236 g/mol. The zero-order chi connectivity index (χ0) is 12.3. The van der Waals surface area contributed by atoms with Crippen LogP contribution in [0.5, 0.6) is 0 Å². The molecule has 3 nitrogen and oxygen atoms in total. The minimum atomic E-state index is 0.558. The highest BCUT2D eigenvalue weighted by Crippen LogP contribution is 2.28. The van der Waals surface area contributed by atoms with Gasteiger partial charge >= 0.3 is 0 Å². The predicted molar refractivity (Wildman–Crippen MR) is 68.4 cm³/mol. The van der Waals surface area contributed by atoms with Crippen LogP contribution in [0.3, 0.4) is 0 Å². The fourth-order valence-corrected chi connectivity index (χ4v) is 2.47. The van der Waals surface area contributed by atoms with Gasteiger partial charge in [0.15, 0.2) is 0 Å². The van der Waals surface area contributed by atoms with E-state index >= 15 is 0 Å². The van der Waals surface area contributed by atoms with E-state index in [-0.39, 0.29) is 0 Å². The van der Waals surface area contributed by atoms with Crippen LogP contribution in [-0.4, -0.2) is 26.8 Å². The van der Waals surface area contributed by atoms with Gasteiger partial charge < -0.3 is 9.64 Å². The molecule has 0 bridgehead atoms. The number of nitriles is 1. The fraction of sp³-hybridized carbons (Fsp3) is 0.462. The summed E-state index contributed by atoms with van der Waals surface area (Å²) in [7, 11) is 1.73. The van der Waals surface area contributed by atoms with Crippen LogP contribution in [0.25, 0.3) is 0 Å². The van der Waals surface area contributed by atoms with Crippen LogP contribution >= 0.6 is 11.6 Å². The Labute approximate surface area is 107 Å². The lowest BCUT2D eigenvalue weighted by Gasteiger charge is -2.20. The molecular formula is C13H15ClN2O. The van der Waals surface area contributed by atoms with E-state index in [0.29, 0.717) is 16.5 Å². The van der Waals surface area contributed by atoms with Crippen molar-refractivity contribution in [2.24, 2.45) is 5.92 Å². The molecule has 1 unspecified atom stereocenters. The molecule has 0 N–H and O–H groups in total. The van der Waals surface area contributed by atoms with Gasteiger partial charge in [-0.3, -0.25) is 0 Å². The molecule has 0 aromatic heterocycles. The van der Waals surface area contributed by atoms with Gasteiger partial charge in [-0.2, -0.15) is 5.26 Å². The number of nitrogens with zero attached hydrogens (tertiary/aromatic N) is 2. The highest BCUT2D eigenvalue weighted by molar-refractivity contribution is 6.30. The summed E-state index contributed by atoms with van der Waals surface area (Å²) in [5.41, 5.74) is 1.63. The second kappa shape index (κ2) is 5.39. The second-order valence-electron chi connectivity index (χ2n) is 4.33. The van der Waals surface area contributed by atoms with E-state index in [0.717, 1.165) is 31.8 Å². The number of halogens is 1. The minimum Gasteiger partial charge on any atom is -0.384 e. The van der Waals surface area contributed by atoms with E-state index in [1.807, 2.05) is 12.1 Å². The summed E-state index contributed by atoms with van der Waals surface area (Å²) in [5, 5.41) is 9.72. The molecule has 0 aliphatic carbocycles. The molecule has 0 radical (unpaired) electrons. The largest absolute Gasteiger partial charge is 0.384 e. The molecule has 17 heavy (non-hydrogen) atoms. The quantitative estimate of drug-likeness (QED) is 0.828. The maximum atomic E-state index is 9.11. The summed E-state index contributed by atoms with van der Waals surface area (Å²) in [4.78, 5) is 2.23. The molecule has 1 aromatic carbocycles. The third-order valence-electron chi connectivity index (χ3n) is 3.11. The van der Waals surface area contributed by atoms with Crippen molar-refractivity contribution in [3.05, 3.63) is 28.8 Å². The van der Waals surface area contributed by atoms with E-state index < -0.39 is 0 Å². The highest BCUT2D eigenvalue weighted by Gasteiger charge is 2.24. The maximum absolute atomic E-state index is 9.11. The van der Waals surface area contributed by atoms with Gasteiger partial charge in [0.25, 0.3) is 0 Å². The van der Waals surface area contributed by atoms with Gasteiger partial charge in [-0.25, -0.2) is 0 Å². The van der Waals surface area contributed by atoms with Crippen LogP contribution in [0.15, 0.2) is 18.2 Å². The molecule has 1 heterocycles. The molecule has 90 valence electrons. The van der Waals surface area contributed by atoms with Crippen LogP contribution in [0, 0.1) is 17.2 Å². The number of rotatable bonds is 3. The molecule has 2 rings (SSSR count). The van der Waals surface area contributed by atoms with Crippen LogP contribution in [0.4, 0.5) is 5.69 Å². The highest BCUT2D eigenvalue weighted by atomic mass is 35.5. The molecule has 0 saturated carbocycles. The molecule has 4 heteroatoms. The van der Waals surface area contributed by atoms with Crippen LogP contribution in [0.2, 0.25) is 5.02 Å². The molecule has 1 saturated heterocycles. The molecule has 1 fully saturated rings. The van der Waals surface area contributed by atoms with Gasteiger partial charge in [-0.05, 0) is 24.6 Å². The van der Waals surface area contributed by atoms with Crippen molar-refractivity contribution >= 4 is 17.3 Å². The van der Waals surface area contributed by atoms with Gasteiger partial charge in [0.1, 0.15) is 6.07 Å². The van der Waals surface area contributed by atoms with Crippen molar-refractivity contribution in [1.82, 2.24) is 0 Å². The number of anilines is 1. The number of hydrogen-bond acceptors (Lipinski definition) is 3. The fourth-order valence-electron chi connectivity index (χ4n) is 2.30. The Kier molecular flexibility index (Phi) is 3.88. The van der Waals surface area contributed by atoms with E-state index in [9.17, 15) is 0 Å². The van der Waals surface area contributed by atoms with E-state index in [1.165, 1.54) is 0 Å². The zero-order valence-electron chi connectivity index (χ0n) is 9.82. The average molecular weight is 251 g/mol. The Balaban J connectivity index is 2.16. The number of methoxy groups -OCH3 is 1. The van der Waals surface area contributed by atoms with Gasteiger partial charge in [-0.15, -0.1) is 0 Å². The molecule has 1 aliphatic rings. The van der Waals surface area contributed by atoms with Gasteiger partial charge in [0.05, 0.1) is 17.9 Å². The second-order valence-corrected chi connectivity index (χ2v) is 4.77. The first-order valence-corrected chi connectivity index (χ1v) is 6.06. The molecule has 1 atom stereocenters. The van der Waals surface area contributed by atoms with E-state index in [4.69, 9.17) is 21.6 Å². The summed E-state index contributed by atoms with van der Waals surface area (Å²) < 4.78 is 5.17. The number of hydrogen-bond donors (Lipinski definition) is 0. The normalized spacial score (nSPS) is 19.4. The lowest BCUT2D eigenvalue weighted by molar-refractivity contribution is 0.161. The average Bonchev–Trinajstić information content (AvgIpc) is 2.78. The van der Waals surface area contributed by atoms with Gasteiger partial charge in [0, 0.05) is 31.1 Å². The van der Waals surface area contributed by atoms with Gasteiger partial charge in [-0.1, -0.05) is 11.6 Å². The Morgan fingerprint density at radius 1 is 1.59 bits per heavy atom. The van der Waals surface area contributed by atoms with Crippen molar-refractivity contribution in [2.45, 2.75) is 6.42 Å². The first-order valence-electron chi connectivity index (χ1n) is 5.68. The molecule has 1 aromatic rings. The van der Waals surface area contributed by atoms with Gasteiger partial charge in [0.2, 0.25) is 0 Å². The Bertz CT molecular complexity index is 442.